The Labute approximate surface area is 157 Å². The molecule has 1 N–H and O–H groups in total. The quantitative estimate of drug-likeness (QED) is 0.868. The Kier molecular flexibility index (Phi) is 5.09. The molecule has 0 saturated carbocycles. The molecule has 1 aliphatic heterocycles. The van der Waals surface area contributed by atoms with Crippen molar-refractivity contribution >= 4 is 27.5 Å². The van der Waals surface area contributed by atoms with E-state index in [0.717, 1.165) is 55.4 Å². The summed E-state index contributed by atoms with van der Waals surface area (Å²) in [5.41, 5.74) is 1.23. The monoisotopic (exact) mass is 374 g/mol. The van der Waals surface area contributed by atoms with Gasteiger partial charge in [-0.25, -0.2) is 4.98 Å². The highest BCUT2D eigenvalue weighted by atomic mass is 32.1. The fourth-order valence-corrected chi connectivity index (χ4v) is 5.53. The maximum Gasteiger partial charge on any atom is 0.262 e. The number of carbonyl (C=O) groups excluding carboxylic acids is 1. The van der Waals surface area contributed by atoms with Crippen LogP contribution in [0.5, 0.6) is 0 Å². The number of hydrogen-bond donors (Lipinski definition) is 1. The number of rotatable bonds is 5. The maximum atomic E-state index is 13.0. The highest BCUT2D eigenvalue weighted by Gasteiger charge is 2.28. The number of hydrogen-bond acceptors (Lipinski definition) is 5. The zero-order valence-corrected chi connectivity index (χ0v) is 16.1. The van der Waals surface area contributed by atoms with Crippen LogP contribution in [0.1, 0.15) is 42.5 Å². The van der Waals surface area contributed by atoms with Gasteiger partial charge in [0, 0.05) is 37.0 Å². The fraction of sp³-hybridized carbons (Fsp3) is 0.632. The Morgan fingerprint density at radius 1 is 1.35 bits per heavy atom. The Morgan fingerprint density at radius 2 is 2.19 bits per heavy atom. The molecular formula is C19H26N4O2S. The summed E-state index contributed by atoms with van der Waals surface area (Å²) >= 11 is 1.67. The van der Waals surface area contributed by atoms with Crippen molar-refractivity contribution in [1.29, 1.82) is 0 Å². The lowest BCUT2D eigenvalue weighted by atomic mass is 9.97. The lowest BCUT2D eigenvalue weighted by Crippen LogP contribution is -2.41. The molecule has 140 valence electrons. The molecule has 1 atom stereocenters. The van der Waals surface area contributed by atoms with Gasteiger partial charge in [-0.3, -0.25) is 14.2 Å². The maximum absolute atomic E-state index is 13.0. The molecule has 1 unspecified atom stereocenters. The Balaban J connectivity index is 1.52. The molecule has 6 nitrogen and oxygen atoms in total. The number of likely N-dealkylation sites (N-methyl/N-ethyl adjacent to an activating group) is 1. The average molecular weight is 375 g/mol. The van der Waals surface area contributed by atoms with E-state index in [1.165, 1.54) is 16.9 Å². The van der Waals surface area contributed by atoms with Crippen molar-refractivity contribution in [3.05, 3.63) is 27.1 Å². The second kappa shape index (κ2) is 7.48. The van der Waals surface area contributed by atoms with Crippen LogP contribution in [-0.4, -0.2) is 46.5 Å². The second-order valence-electron chi connectivity index (χ2n) is 7.33. The van der Waals surface area contributed by atoms with Crippen LogP contribution in [0.4, 0.5) is 0 Å². The van der Waals surface area contributed by atoms with Gasteiger partial charge >= 0.3 is 0 Å². The van der Waals surface area contributed by atoms with Crippen LogP contribution in [0.2, 0.25) is 0 Å². The van der Waals surface area contributed by atoms with Crippen LogP contribution >= 0.6 is 11.3 Å². The summed E-state index contributed by atoms with van der Waals surface area (Å²) < 4.78 is 1.63. The largest absolute Gasteiger partial charge is 0.338 e. The van der Waals surface area contributed by atoms with Gasteiger partial charge in [-0.1, -0.05) is 0 Å². The van der Waals surface area contributed by atoms with Crippen LogP contribution in [0.3, 0.4) is 0 Å². The van der Waals surface area contributed by atoms with E-state index in [0.29, 0.717) is 13.0 Å². The number of nitrogens with zero attached hydrogens (tertiary/aromatic N) is 3. The minimum atomic E-state index is 0.0235. The molecule has 4 rings (SSSR count). The summed E-state index contributed by atoms with van der Waals surface area (Å²) in [5.74, 6) is 0.141. The number of aryl methyl sites for hydroxylation is 3. The van der Waals surface area contributed by atoms with E-state index in [2.05, 4.69) is 10.3 Å². The molecule has 0 aromatic carbocycles. The van der Waals surface area contributed by atoms with Gasteiger partial charge in [-0.05, 0) is 51.1 Å². The SMILES string of the molecule is CNCC1CCCN1C(=O)CCn1cnc2sc3c(c2c1=O)CCCC3. The summed E-state index contributed by atoms with van der Waals surface area (Å²) in [4.78, 5) is 34.3. The summed E-state index contributed by atoms with van der Waals surface area (Å²) in [5, 5.41) is 3.97. The van der Waals surface area contributed by atoms with E-state index in [-0.39, 0.29) is 17.5 Å². The van der Waals surface area contributed by atoms with E-state index in [1.807, 2.05) is 11.9 Å². The van der Waals surface area contributed by atoms with Gasteiger partial charge in [0.25, 0.3) is 5.56 Å². The van der Waals surface area contributed by atoms with Gasteiger partial charge in [0.15, 0.2) is 0 Å². The van der Waals surface area contributed by atoms with Crippen molar-refractivity contribution < 1.29 is 4.79 Å². The lowest BCUT2D eigenvalue weighted by molar-refractivity contribution is -0.132. The van der Waals surface area contributed by atoms with Crippen LogP contribution in [0, 0.1) is 0 Å². The minimum absolute atomic E-state index is 0.0235. The van der Waals surface area contributed by atoms with E-state index < -0.39 is 0 Å². The third kappa shape index (κ3) is 3.18. The van der Waals surface area contributed by atoms with Crippen LogP contribution < -0.4 is 10.9 Å². The number of aromatic nitrogens is 2. The molecule has 1 fully saturated rings. The first kappa shape index (κ1) is 17.7. The van der Waals surface area contributed by atoms with Gasteiger partial charge in [-0.15, -0.1) is 11.3 Å². The van der Waals surface area contributed by atoms with E-state index in [9.17, 15) is 9.59 Å². The molecule has 7 heteroatoms. The molecule has 3 heterocycles. The topological polar surface area (TPSA) is 67.2 Å². The summed E-state index contributed by atoms with van der Waals surface area (Å²) in [6.45, 7) is 2.07. The molecular weight excluding hydrogens is 348 g/mol. The first-order valence-corrected chi connectivity index (χ1v) is 10.4. The molecule has 0 spiro atoms. The second-order valence-corrected chi connectivity index (χ2v) is 8.41. The molecule has 0 radical (unpaired) electrons. The predicted molar refractivity (Wildman–Crippen MR) is 104 cm³/mol. The Bertz CT molecular complexity index is 872. The molecule has 1 amide bonds. The molecule has 26 heavy (non-hydrogen) atoms. The van der Waals surface area contributed by atoms with Crippen molar-refractivity contribution in [2.24, 2.45) is 0 Å². The Hall–Kier alpha value is -1.73. The average Bonchev–Trinajstić information content (AvgIpc) is 3.25. The fourth-order valence-electron chi connectivity index (χ4n) is 4.31. The standard InChI is InChI=1S/C19H26N4O2S/c1-20-11-13-5-4-9-23(13)16(24)8-10-22-12-21-18-17(19(22)25)14-6-2-3-7-15(14)26-18/h12-13,20H,2-11H2,1H3. The highest BCUT2D eigenvalue weighted by Crippen LogP contribution is 2.33. The Morgan fingerprint density at radius 3 is 3.04 bits per heavy atom. The van der Waals surface area contributed by atoms with Crippen molar-refractivity contribution in [3.63, 3.8) is 0 Å². The van der Waals surface area contributed by atoms with Gasteiger partial charge in [0.05, 0.1) is 11.7 Å². The number of amides is 1. The van der Waals surface area contributed by atoms with Crippen LogP contribution in [-0.2, 0) is 24.2 Å². The van der Waals surface area contributed by atoms with E-state index >= 15 is 0 Å². The number of carbonyl (C=O) groups is 1. The van der Waals surface area contributed by atoms with Crippen LogP contribution in [0.25, 0.3) is 10.2 Å². The third-order valence-corrected chi connectivity index (χ3v) is 6.85. The van der Waals surface area contributed by atoms with Crippen molar-refractivity contribution in [1.82, 2.24) is 19.8 Å². The molecule has 1 aliphatic carbocycles. The smallest absolute Gasteiger partial charge is 0.262 e. The number of thiophene rings is 1. The van der Waals surface area contributed by atoms with Crippen molar-refractivity contribution in [2.75, 3.05) is 20.1 Å². The summed E-state index contributed by atoms with van der Waals surface area (Å²) in [7, 11) is 1.92. The zero-order valence-electron chi connectivity index (χ0n) is 15.3. The van der Waals surface area contributed by atoms with Crippen molar-refractivity contribution in [2.45, 2.75) is 57.5 Å². The molecule has 2 aromatic heterocycles. The molecule has 1 saturated heterocycles. The van der Waals surface area contributed by atoms with Gasteiger partial charge in [-0.2, -0.15) is 0 Å². The predicted octanol–water partition coefficient (Wildman–Crippen LogP) is 1.94. The van der Waals surface area contributed by atoms with Gasteiger partial charge in [0.2, 0.25) is 5.91 Å². The number of fused-ring (bicyclic) bond motifs is 3. The highest BCUT2D eigenvalue weighted by molar-refractivity contribution is 7.18. The molecule has 2 aliphatic rings. The summed E-state index contributed by atoms with van der Waals surface area (Å²) in [6.07, 6.45) is 8.49. The minimum Gasteiger partial charge on any atom is -0.338 e. The molecule has 0 bridgehead atoms. The van der Waals surface area contributed by atoms with E-state index in [1.54, 1.807) is 22.2 Å². The number of nitrogens with one attached hydrogen (secondary N) is 1. The van der Waals surface area contributed by atoms with Gasteiger partial charge in [0.1, 0.15) is 4.83 Å². The first-order valence-electron chi connectivity index (χ1n) is 9.63. The normalized spacial score (nSPS) is 19.9. The van der Waals surface area contributed by atoms with Crippen molar-refractivity contribution in [3.8, 4) is 0 Å². The molecule has 2 aromatic rings. The first-order chi connectivity index (χ1) is 12.7. The lowest BCUT2D eigenvalue weighted by Gasteiger charge is -2.24. The number of likely N-dealkylation sites (tertiary alicyclic amines) is 1. The summed E-state index contributed by atoms with van der Waals surface area (Å²) in [6, 6.07) is 0.286. The van der Waals surface area contributed by atoms with E-state index in [4.69, 9.17) is 0 Å². The third-order valence-electron chi connectivity index (χ3n) is 5.65. The van der Waals surface area contributed by atoms with Crippen LogP contribution in [0.15, 0.2) is 11.1 Å². The van der Waals surface area contributed by atoms with Gasteiger partial charge < -0.3 is 10.2 Å². The zero-order chi connectivity index (χ0) is 18.1.